The third kappa shape index (κ3) is 4.75. The number of benzene rings is 2. The molecule has 0 atom stereocenters. The topological polar surface area (TPSA) is 32.3 Å². The van der Waals surface area contributed by atoms with E-state index in [4.69, 9.17) is 0 Å². The maximum absolute atomic E-state index is 12.1. The van der Waals surface area contributed by atoms with Gasteiger partial charge in [-0.15, -0.1) is 0 Å². The number of carbonyl (C=O) groups is 1. The Morgan fingerprint density at radius 3 is 2.22 bits per heavy atom. The largest absolute Gasteiger partial charge is 0.307 e. The van der Waals surface area contributed by atoms with E-state index in [0.717, 1.165) is 38.0 Å². The van der Waals surface area contributed by atoms with E-state index in [2.05, 4.69) is 40.5 Å². The number of Topliss-reactive ketones (excluding diaryl/α,β-unsaturated/α-hetero) is 1. The van der Waals surface area contributed by atoms with Crippen LogP contribution in [0, 0.1) is 0 Å². The molecule has 2 aromatic carbocycles. The number of rotatable bonds is 6. The van der Waals surface area contributed by atoms with Gasteiger partial charge in [0.25, 0.3) is 0 Å². The van der Waals surface area contributed by atoms with Crippen molar-refractivity contribution >= 4 is 5.78 Å². The molecule has 0 amide bonds. The lowest BCUT2D eigenvalue weighted by Crippen LogP contribution is -2.43. The molecule has 120 valence electrons. The highest BCUT2D eigenvalue weighted by molar-refractivity contribution is 5.97. The van der Waals surface area contributed by atoms with Gasteiger partial charge in [-0.2, -0.15) is 0 Å². The molecule has 0 unspecified atom stereocenters. The molecular weight excluding hydrogens is 284 g/mol. The fourth-order valence-corrected chi connectivity index (χ4v) is 3.10. The predicted octanol–water partition coefficient (Wildman–Crippen LogP) is 3.12. The van der Waals surface area contributed by atoms with Crippen molar-refractivity contribution in [3.8, 4) is 0 Å². The monoisotopic (exact) mass is 308 g/mol. The summed E-state index contributed by atoms with van der Waals surface area (Å²) in [6.45, 7) is 3.64. The molecule has 3 rings (SSSR count). The van der Waals surface area contributed by atoms with Crippen LogP contribution >= 0.6 is 0 Å². The van der Waals surface area contributed by atoms with Gasteiger partial charge < -0.3 is 5.32 Å². The van der Waals surface area contributed by atoms with Crippen molar-refractivity contribution in [1.82, 2.24) is 10.2 Å². The van der Waals surface area contributed by atoms with Crippen LogP contribution in [0.25, 0.3) is 0 Å². The van der Waals surface area contributed by atoms with E-state index in [9.17, 15) is 4.79 Å². The highest BCUT2D eigenvalue weighted by atomic mass is 16.1. The first kappa shape index (κ1) is 15.9. The quantitative estimate of drug-likeness (QED) is 0.832. The third-order valence-electron chi connectivity index (χ3n) is 4.48. The maximum atomic E-state index is 12.1. The molecule has 2 aromatic rings. The van der Waals surface area contributed by atoms with E-state index in [-0.39, 0.29) is 5.78 Å². The zero-order valence-electron chi connectivity index (χ0n) is 13.4. The zero-order chi connectivity index (χ0) is 15.9. The minimum absolute atomic E-state index is 0.178. The summed E-state index contributed by atoms with van der Waals surface area (Å²) in [5, 5.41) is 3.43. The summed E-state index contributed by atoms with van der Waals surface area (Å²) < 4.78 is 0. The molecule has 0 saturated carbocycles. The fraction of sp³-hybridized carbons (Fsp3) is 0.350. The Labute approximate surface area is 138 Å². The molecule has 1 heterocycles. The van der Waals surface area contributed by atoms with Gasteiger partial charge in [-0.25, -0.2) is 0 Å². The summed E-state index contributed by atoms with van der Waals surface area (Å²) in [4.78, 5) is 14.6. The molecule has 0 radical (unpaired) electrons. The number of carbonyl (C=O) groups excluding carboxylic acids is 1. The van der Waals surface area contributed by atoms with Gasteiger partial charge in [0.05, 0.1) is 6.54 Å². The summed E-state index contributed by atoms with van der Waals surface area (Å²) in [6, 6.07) is 20.6. The van der Waals surface area contributed by atoms with Crippen LogP contribution in [-0.4, -0.2) is 36.4 Å². The van der Waals surface area contributed by atoms with Gasteiger partial charge in [0.15, 0.2) is 5.78 Å². The molecule has 0 aliphatic carbocycles. The number of hydrogen-bond acceptors (Lipinski definition) is 3. The third-order valence-corrected chi connectivity index (χ3v) is 4.48. The average Bonchev–Trinajstić information content (AvgIpc) is 2.62. The molecule has 1 aliphatic heterocycles. The summed E-state index contributed by atoms with van der Waals surface area (Å²) in [5.74, 6) is 0.178. The Balaban J connectivity index is 1.40. The van der Waals surface area contributed by atoms with Crippen molar-refractivity contribution < 1.29 is 4.79 Å². The van der Waals surface area contributed by atoms with E-state index in [1.807, 2.05) is 30.3 Å². The molecule has 1 N–H and O–H groups in total. The Hall–Kier alpha value is -1.97. The molecule has 0 spiro atoms. The summed E-state index contributed by atoms with van der Waals surface area (Å²) in [7, 11) is 0. The number of hydrogen-bond donors (Lipinski definition) is 1. The van der Waals surface area contributed by atoms with E-state index >= 15 is 0 Å². The van der Waals surface area contributed by atoms with E-state index in [0.29, 0.717) is 12.6 Å². The van der Waals surface area contributed by atoms with Gasteiger partial charge in [-0.1, -0.05) is 60.7 Å². The van der Waals surface area contributed by atoms with Crippen LogP contribution in [0.3, 0.4) is 0 Å². The summed E-state index contributed by atoms with van der Waals surface area (Å²) in [6.07, 6.45) is 2.21. The SMILES string of the molecule is O=C(CNC1CCN(Cc2ccccc2)CC1)c1ccccc1. The van der Waals surface area contributed by atoms with Crippen LogP contribution in [0.4, 0.5) is 0 Å². The number of nitrogens with zero attached hydrogens (tertiary/aromatic N) is 1. The second kappa shape index (κ2) is 8.04. The normalized spacial score (nSPS) is 16.3. The Morgan fingerprint density at radius 1 is 0.957 bits per heavy atom. The van der Waals surface area contributed by atoms with Gasteiger partial charge in [-0.05, 0) is 31.5 Å². The van der Waals surface area contributed by atoms with Crippen LogP contribution < -0.4 is 5.32 Å². The summed E-state index contributed by atoms with van der Waals surface area (Å²) >= 11 is 0. The van der Waals surface area contributed by atoms with Crippen molar-refractivity contribution in [2.45, 2.75) is 25.4 Å². The van der Waals surface area contributed by atoms with Crippen molar-refractivity contribution in [3.63, 3.8) is 0 Å². The van der Waals surface area contributed by atoms with Gasteiger partial charge in [0, 0.05) is 18.2 Å². The first-order chi connectivity index (χ1) is 11.3. The van der Waals surface area contributed by atoms with Crippen molar-refractivity contribution in [2.24, 2.45) is 0 Å². The Kier molecular flexibility index (Phi) is 5.56. The van der Waals surface area contributed by atoms with Gasteiger partial charge >= 0.3 is 0 Å². The first-order valence-corrected chi connectivity index (χ1v) is 8.39. The van der Waals surface area contributed by atoms with Crippen LogP contribution in [0.1, 0.15) is 28.8 Å². The molecule has 0 aromatic heterocycles. The van der Waals surface area contributed by atoms with Crippen LogP contribution in [0.2, 0.25) is 0 Å². The number of piperidine rings is 1. The Morgan fingerprint density at radius 2 is 1.57 bits per heavy atom. The minimum Gasteiger partial charge on any atom is -0.307 e. The molecule has 1 fully saturated rings. The predicted molar refractivity (Wildman–Crippen MR) is 93.5 cm³/mol. The van der Waals surface area contributed by atoms with Gasteiger partial charge in [0.2, 0.25) is 0 Å². The highest BCUT2D eigenvalue weighted by Gasteiger charge is 2.19. The van der Waals surface area contributed by atoms with E-state index in [1.54, 1.807) is 0 Å². The molecule has 3 heteroatoms. The number of likely N-dealkylation sites (tertiary alicyclic amines) is 1. The second-order valence-corrected chi connectivity index (χ2v) is 6.21. The fourth-order valence-electron chi connectivity index (χ4n) is 3.10. The lowest BCUT2D eigenvalue weighted by molar-refractivity contribution is 0.0979. The first-order valence-electron chi connectivity index (χ1n) is 8.39. The number of nitrogens with one attached hydrogen (secondary N) is 1. The van der Waals surface area contributed by atoms with Crippen molar-refractivity contribution in [2.75, 3.05) is 19.6 Å². The molecule has 23 heavy (non-hydrogen) atoms. The lowest BCUT2D eigenvalue weighted by Gasteiger charge is -2.32. The lowest BCUT2D eigenvalue weighted by atomic mass is 10.0. The average molecular weight is 308 g/mol. The van der Waals surface area contributed by atoms with Crippen molar-refractivity contribution in [1.29, 1.82) is 0 Å². The van der Waals surface area contributed by atoms with Crippen LogP contribution in [0.5, 0.6) is 0 Å². The van der Waals surface area contributed by atoms with Crippen molar-refractivity contribution in [3.05, 3.63) is 71.8 Å². The van der Waals surface area contributed by atoms with Gasteiger partial charge in [0.1, 0.15) is 0 Å². The number of ketones is 1. The second-order valence-electron chi connectivity index (χ2n) is 6.21. The molecule has 0 bridgehead atoms. The van der Waals surface area contributed by atoms with Crippen LogP contribution in [-0.2, 0) is 6.54 Å². The minimum atomic E-state index is 0.178. The molecule has 1 saturated heterocycles. The standard InChI is InChI=1S/C20H24N2O/c23-20(18-9-5-2-6-10-18)15-21-19-11-13-22(14-12-19)16-17-7-3-1-4-8-17/h1-10,19,21H,11-16H2. The summed E-state index contributed by atoms with van der Waals surface area (Å²) in [5.41, 5.74) is 2.17. The van der Waals surface area contributed by atoms with E-state index in [1.165, 1.54) is 5.56 Å². The molecule has 3 nitrogen and oxygen atoms in total. The smallest absolute Gasteiger partial charge is 0.176 e. The molecular formula is C20H24N2O. The zero-order valence-corrected chi connectivity index (χ0v) is 13.4. The maximum Gasteiger partial charge on any atom is 0.176 e. The highest BCUT2D eigenvalue weighted by Crippen LogP contribution is 2.14. The van der Waals surface area contributed by atoms with E-state index < -0.39 is 0 Å². The Bertz CT molecular complexity index is 604. The van der Waals surface area contributed by atoms with Crippen LogP contribution in [0.15, 0.2) is 60.7 Å². The molecule has 1 aliphatic rings. The van der Waals surface area contributed by atoms with Gasteiger partial charge in [-0.3, -0.25) is 9.69 Å².